The summed E-state index contributed by atoms with van der Waals surface area (Å²) in [6.45, 7) is 3.05. The fourth-order valence-electron chi connectivity index (χ4n) is 2.74. The van der Waals surface area contributed by atoms with E-state index >= 15 is 0 Å². The van der Waals surface area contributed by atoms with Crippen molar-refractivity contribution in [1.29, 1.82) is 0 Å². The van der Waals surface area contributed by atoms with Crippen LogP contribution in [0.4, 0.5) is 5.69 Å². The molecular weight excluding hydrogens is 286 g/mol. The van der Waals surface area contributed by atoms with Gasteiger partial charge in [0.05, 0.1) is 10.6 Å². The smallest absolute Gasteiger partial charge is 0.270 e. The molecular formula is C15H17N3O2S. The number of nitrogens with zero attached hydrogens (tertiary/aromatic N) is 2. The molecule has 1 atom stereocenters. The van der Waals surface area contributed by atoms with Gasteiger partial charge >= 0.3 is 0 Å². The number of nitro benzene ring substituents is 1. The predicted octanol–water partition coefficient (Wildman–Crippen LogP) is 3.71. The molecule has 1 aromatic heterocycles. The van der Waals surface area contributed by atoms with E-state index < -0.39 is 0 Å². The maximum Gasteiger partial charge on any atom is 0.270 e. The van der Waals surface area contributed by atoms with Gasteiger partial charge in [-0.25, -0.2) is 4.98 Å². The summed E-state index contributed by atoms with van der Waals surface area (Å²) in [6.07, 6.45) is 3.28. The number of non-ortho nitro benzene ring substituents is 1. The number of hydrogen-bond donors (Lipinski definition) is 1. The van der Waals surface area contributed by atoms with E-state index in [4.69, 9.17) is 4.98 Å². The van der Waals surface area contributed by atoms with Crippen molar-refractivity contribution < 1.29 is 4.92 Å². The third-order valence-corrected chi connectivity index (χ3v) is 4.97. The minimum atomic E-state index is -0.363. The number of rotatable bonds is 4. The van der Waals surface area contributed by atoms with Gasteiger partial charge in [0.2, 0.25) is 0 Å². The van der Waals surface area contributed by atoms with E-state index in [1.54, 1.807) is 23.5 Å². The first-order chi connectivity index (χ1) is 10.2. The number of aryl methyl sites for hydroxylation is 1. The van der Waals surface area contributed by atoms with Crippen molar-refractivity contribution in [2.24, 2.45) is 0 Å². The highest BCUT2D eigenvalue weighted by atomic mass is 32.1. The van der Waals surface area contributed by atoms with Crippen molar-refractivity contribution >= 4 is 17.0 Å². The Balaban J connectivity index is 1.97. The molecule has 110 valence electrons. The van der Waals surface area contributed by atoms with Gasteiger partial charge in [-0.3, -0.25) is 10.1 Å². The molecule has 0 bridgehead atoms. The molecule has 0 spiro atoms. The van der Waals surface area contributed by atoms with Crippen molar-refractivity contribution in [2.75, 3.05) is 6.54 Å². The second kappa shape index (κ2) is 5.91. The molecule has 1 aliphatic rings. The summed E-state index contributed by atoms with van der Waals surface area (Å²) < 4.78 is 0. The Bertz CT molecular complexity index is 669. The Morgan fingerprint density at radius 3 is 3.14 bits per heavy atom. The number of benzene rings is 1. The third-order valence-electron chi connectivity index (χ3n) is 3.70. The molecule has 3 rings (SSSR count). The standard InChI is InChI=1S/C15H17N3O2S/c1-2-16-12-7-4-8-13-14(12)21-15(17-13)10-5-3-6-11(9-10)18(19)20/h3,5-6,9,12,16H,2,4,7-8H2,1H3. The summed E-state index contributed by atoms with van der Waals surface area (Å²) in [5.41, 5.74) is 2.10. The van der Waals surface area contributed by atoms with Gasteiger partial charge in [0, 0.05) is 28.6 Å². The van der Waals surface area contributed by atoms with Crippen LogP contribution < -0.4 is 5.32 Å². The molecule has 1 unspecified atom stereocenters. The number of nitro groups is 1. The van der Waals surface area contributed by atoms with Crippen molar-refractivity contribution in [2.45, 2.75) is 32.2 Å². The van der Waals surface area contributed by atoms with Crippen molar-refractivity contribution in [1.82, 2.24) is 10.3 Å². The Labute approximate surface area is 127 Å². The monoisotopic (exact) mass is 303 g/mol. The van der Waals surface area contributed by atoms with E-state index in [1.807, 2.05) is 6.07 Å². The Morgan fingerprint density at radius 1 is 1.52 bits per heavy atom. The zero-order valence-electron chi connectivity index (χ0n) is 11.8. The van der Waals surface area contributed by atoms with Gasteiger partial charge in [-0.1, -0.05) is 19.1 Å². The molecule has 0 saturated heterocycles. The molecule has 5 nitrogen and oxygen atoms in total. The lowest BCUT2D eigenvalue weighted by atomic mass is 9.98. The fourth-order valence-corrected chi connectivity index (χ4v) is 3.95. The highest BCUT2D eigenvalue weighted by Gasteiger charge is 2.24. The van der Waals surface area contributed by atoms with Gasteiger partial charge < -0.3 is 5.32 Å². The lowest BCUT2D eigenvalue weighted by Gasteiger charge is -2.21. The minimum absolute atomic E-state index is 0.115. The molecule has 1 aromatic carbocycles. The second-order valence-corrected chi connectivity index (χ2v) is 6.17. The van der Waals surface area contributed by atoms with Crippen LogP contribution in [0.2, 0.25) is 0 Å². The average Bonchev–Trinajstić information content (AvgIpc) is 2.93. The van der Waals surface area contributed by atoms with Gasteiger partial charge in [0.15, 0.2) is 0 Å². The van der Waals surface area contributed by atoms with Gasteiger partial charge in [-0.2, -0.15) is 0 Å². The van der Waals surface area contributed by atoms with Crippen LogP contribution in [-0.2, 0) is 6.42 Å². The summed E-state index contributed by atoms with van der Waals surface area (Å²) in [5, 5.41) is 15.3. The minimum Gasteiger partial charge on any atom is -0.309 e. The normalized spacial score (nSPS) is 17.5. The average molecular weight is 303 g/mol. The predicted molar refractivity (Wildman–Crippen MR) is 83.6 cm³/mol. The lowest BCUT2D eigenvalue weighted by Crippen LogP contribution is -2.23. The van der Waals surface area contributed by atoms with Gasteiger partial charge in [0.1, 0.15) is 5.01 Å². The molecule has 1 aliphatic carbocycles. The summed E-state index contributed by atoms with van der Waals surface area (Å²) in [7, 11) is 0. The Hall–Kier alpha value is -1.79. The van der Waals surface area contributed by atoms with Crippen LogP contribution >= 0.6 is 11.3 Å². The van der Waals surface area contributed by atoms with Crippen molar-refractivity contribution in [3.05, 3.63) is 45.0 Å². The van der Waals surface area contributed by atoms with Crippen molar-refractivity contribution in [3.63, 3.8) is 0 Å². The molecule has 2 aromatic rings. The van der Waals surface area contributed by atoms with E-state index in [-0.39, 0.29) is 10.6 Å². The van der Waals surface area contributed by atoms with Gasteiger partial charge in [0.25, 0.3) is 5.69 Å². The summed E-state index contributed by atoms with van der Waals surface area (Å²) in [5.74, 6) is 0. The molecule has 1 N–H and O–H groups in total. The van der Waals surface area contributed by atoms with E-state index in [0.29, 0.717) is 6.04 Å². The molecule has 1 heterocycles. The summed E-state index contributed by atoms with van der Waals surface area (Å²) >= 11 is 1.66. The molecule has 0 fully saturated rings. The molecule has 0 aliphatic heterocycles. The number of nitrogens with one attached hydrogen (secondary N) is 1. The highest BCUT2D eigenvalue weighted by molar-refractivity contribution is 7.15. The highest BCUT2D eigenvalue weighted by Crippen LogP contribution is 2.38. The van der Waals surface area contributed by atoms with Crippen LogP contribution in [0.3, 0.4) is 0 Å². The Morgan fingerprint density at radius 2 is 2.38 bits per heavy atom. The lowest BCUT2D eigenvalue weighted by molar-refractivity contribution is -0.384. The van der Waals surface area contributed by atoms with Crippen LogP contribution in [0.1, 0.15) is 36.4 Å². The topological polar surface area (TPSA) is 68.1 Å². The molecule has 21 heavy (non-hydrogen) atoms. The number of fused-ring (bicyclic) bond motifs is 1. The third kappa shape index (κ3) is 2.82. The summed E-state index contributed by atoms with van der Waals surface area (Å²) in [4.78, 5) is 16.5. The number of thiazole rings is 1. The van der Waals surface area contributed by atoms with Crippen LogP contribution in [0, 0.1) is 10.1 Å². The fraction of sp³-hybridized carbons (Fsp3) is 0.400. The first kappa shape index (κ1) is 14.2. The zero-order valence-corrected chi connectivity index (χ0v) is 12.7. The maximum atomic E-state index is 10.9. The largest absolute Gasteiger partial charge is 0.309 e. The maximum absolute atomic E-state index is 10.9. The number of hydrogen-bond acceptors (Lipinski definition) is 5. The first-order valence-corrected chi connectivity index (χ1v) is 7.98. The Kier molecular flexibility index (Phi) is 3.98. The van der Waals surface area contributed by atoms with Crippen LogP contribution in [0.25, 0.3) is 10.6 Å². The quantitative estimate of drug-likeness (QED) is 0.690. The van der Waals surface area contributed by atoms with Gasteiger partial charge in [-0.15, -0.1) is 11.3 Å². The molecule has 0 radical (unpaired) electrons. The molecule has 0 amide bonds. The summed E-state index contributed by atoms with van der Waals surface area (Å²) in [6, 6.07) is 7.10. The van der Waals surface area contributed by atoms with E-state index in [1.165, 1.54) is 10.9 Å². The second-order valence-electron chi connectivity index (χ2n) is 5.14. The van der Waals surface area contributed by atoms with E-state index in [2.05, 4.69) is 12.2 Å². The van der Waals surface area contributed by atoms with Crippen LogP contribution in [0.15, 0.2) is 24.3 Å². The van der Waals surface area contributed by atoms with E-state index in [9.17, 15) is 10.1 Å². The molecule has 0 saturated carbocycles. The van der Waals surface area contributed by atoms with E-state index in [0.717, 1.165) is 42.1 Å². The SMILES string of the molecule is CCNC1CCCc2nc(-c3cccc([N+](=O)[O-])c3)sc21. The number of aromatic nitrogens is 1. The zero-order chi connectivity index (χ0) is 14.8. The van der Waals surface area contributed by atoms with Crippen LogP contribution in [-0.4, -0.2) is 16.5 Å². The molecule has 6 heteroatoms. The first-order valence-electron chi connectivity index (χ1n) is 7.17. The van der Waals surface area contributed by atoms with Crippen LogP contribution in [0.5, 0.6) is 0 Å². The van der Waals surface area contributed by atoms with Crippen molar-refractivity contribution in [3.8, 4) is 10.6 Å². The van der Waals surface area contributed by atoms with Gasteiger partial charge in [-0.05, 0) is 25.8 Å².